The second-order valence-electron chi connectivity index (χ2n) is 10.2. The van der Waals surface area contributed by atoms with Gasteiger partial charge in [0.2, 0.25) is 5.13 Å². The molecule has 1 aliphatic carbocycles. The van der Waals surface area contributed by atoms with Crippen molar-refractivity contribution in [3.8, 4) is 28.0 Å². The molecule has 0 spiro atoms. The lowest BCUT2D eigenvalue weighted by molar-refractivity contribution is 0.178. The van der Waals surface area contributed by atoms with E-state index in [2.05, 4.69) is 50.7 Å². The topological polar surface area (TPSA) is 144 Å². The van der Waals surface area contributed by atoms with Crippen molar-refractivity contribution < 1.29 is 9.90 Å². The Kier molecular flexibility index (Phi) is 6.07. The Hall–Kier alpha value is -4.24. The van der Waals surface area contributed by atoms with Crippen molar-refractivity contribution in [3.05, 3.63) is 42.2 Å². The van der Waals surface area contributed by atoms with Crippen LogP contribution in [0.5, 0.6) is 0 Å². The lowest BCUT2D eigenvalue weighted by atomic mass is 9.92. The summed E-state index contributed by atoms with van der Waals surface area (Å²) in [7, 11) is 0. The molecular formula is C26H27N9O2S. The van der Waals surface area contributed by atoms with E-state index in [0.29, 0.717) is 5.56 Å². The van der Waals surface area contributed by atoms with Crippen molar-refractivity contribution in [2.45, 2.75) is 38.8 Å². The molecule has 1 saturated carbocycles. The SMILES string of the molecule is CC(C)Nc1cc(-c2ccc3cc(C#N)cnn23)ncc1-c1nnc(N2C[C@H]3CC[C@@H](C2)C3NC(=O)O)s1. The Morgan fingerprint density at radius 3 is 2.68 bits per heavy atom. The molecule has 194 valence electrons. The third kappa shape index (κ3) is 4.39. The monoisotopic (exact) mass is 529 g/mol. The minimum Gasteiger partial charge on any atom is -0.465 e. The first-order chi connectivity index (χ1) is 18.4. The van der Waals surface area contributed by atoms with Crippen LogP contribution in [0.4, 0.5) is 15.6 Å². The number of amides is 1. The molecule has 6 rings (SSSR count). The minimum atomic E-state index is -0.949. The molecule has 1 amide bonds. The summed E-state index contributed by atoms with van der Waals surface area (Å²) in [4.78, 5) is 18.2. The van der Waals surface area contributed by atoms with Crippen molar-refractivity contribution in [2.24, 2.45) is 11.8 Å². The van der Waals surface area contributed by atoms with Crippen LogP contribution in [0.2, 0.25) is 0 Å². The number of carbonyl (C=O) groups is 1. The molecule has 1 saturated heterocycles. The molecule has 12 heteroatoms. The molecule has 3 N–H and O–H groups in total. The van der Waals surface area contributed by atoms with Gasteiger partial charge in [-0.25, -0.2) is 9.31 Å². The van der Waals surface area contributed by atoms with Crippen LogP contribution in [0.3, 0.4) is 0 Å². The Bertz CT molecular complexity index is 1540. The van der Waals surface area contributed by atoms with Crippen molar-refractivity contribution >= 4 is 33.8 Å². The summed E-state index contributed by atoms with van der Waals surface area (Å²) in [6.45, 7) is 5.70. The predicted molar refractivity (Wildman–Crippen MR) is 144 cm³/mol. The van der Waals surface area contributed by atoms with Crippen LogP contribution in [0.15, 0.2) is 36.7 Å². The van der Waals surface area contributed by atoms with E-state index < -0.39 is 6.09 Å². The number of rotatable bonds is 6. The highest BCUT2D eigenvalue weighted by Gasteiger charge is 2.43. The highest BCUT2D eigenvalue weighted by Crippen LogP contribution is 2.41. The average molecular weight is 530 g/mol. The van der Waals surface area contributed by atoms with Gasteiger partial charge in [-0.15, -0.1) is 10.2 Å². The van der Waals surface area contributed by atoms with Gasteiger partial charge in [0.15, 0.2) is 5.01 Å². The van der Waals surface area contributed by atoms with E-state index in [9.17, 15) is 15.2 Å². The van der Waals surface area contributed by atoms with E-state index in [1.165, 1.54) is 11.3 Å². The summed E-state index contributed by atoms with van der Waals surface area (Å²) < 4.78 is 1.78. The molecule has 0 aromatic carbocycles. The zero-order chi connectivity index (χ0) is 26.4. The van der Waals surface area contributed by atoms with Crippen LogP contribution in [0, 0.1) is 23.2 Å². The van der Waals surface area contributed by atoms with Gasteiger partial charge in [-0.1, -0.05) is 11.3 Å². The largest absolute Gasteiger partial charge is 0.465 e. The number of fused-ring (bicyclic) bond motifs is 3. The maximum atomic E-state index is 11.2. The first kappa shape index (κ1) is 24.1. The van der Waals surface area contributed by atoms with Gasteiger partial charge in [0.05, 0.1) is 34.2 Å². The standard InChI is InChI=1S/C26H27N9O2S/c1-14(2)30-20-8-21(22-6-5-18-7-15(9-27)10-29-35(18)22)28-11-19(20)24-32-33-25(38-24)34-12-16-3-4-17(13-34)23(16)31-26(36)37/h5-8,10-11,14,16-17,23,31H,3-4,12-13H2,1-2H3,(H,28,30)(H,36,37)/t16-,17+,23?. The molecular weight excluding hydrogens is 502 g/mol. The lowest BCUT2D eigenvalue weighted by Gasteiger charge is -2.37. The fourth-order valence-electron chi connectivity index (χ4n) is 5.66. The molecule has 3 atom stereocenters. The zero-order valence-corrected chi connectivity index (χ0v) is 21.8. The predicted octanol–water partition coefficient (Wildman–Crippen LogP) is 4.09. The van der Waals surface area contributed by atoms with Gasteiger partial charge in [-0.05, 0) is 62.8 Å². The molecule has 38 heavy (non-hydrogen) atoms. The van der Waals surface area contributed by atoms with E-state index in [0.717, 1.165) is 64.2 Å². The summed E-state index contributed by atoms with van der Waals surface area (Å²) in [5.74, 6) is 0.567. The molecule has 4 aromatic heterocycles. The van der Waals surface area contributed by atoms with E-state index in [1.807, 2.05) is 24.4 Å². The van der Waals surface area contributed by atoms with Gasteiger partial charge in [0.1, 0.15) is 6.07 Å². The molecule has 4 aromatic rings. The van der Waals surface area contributed by atoms with Crippen LogP contribution < -0.4 is 15.5 Å². The van der Waals surface area contributed by atoms with Crippen LogP contribution in [0.1, 0.15) is 32.3 Å². The fraction of sp³-hybridized carbons (Fsp3) is 0.385. The first-order valence-corrected chi connectivity index (χ1v) is 13.4. The summed E-state index contributed by atoms with van der Waals surface area (Å²) in [6.07, 6.45) is 4.46. The maximum Gasteiger partial charge on any atom is 0.404 e. The number of anilines is 2. The van der Waals surface area contributed by atoms with Crippen molar-refractivity contribution in [3.63, 3.8) is 0 Å². The number of hydrogen-bond donors (Lipinski definition) is 3. The van der Waals surface area contributed by atoms with E-state index in [-0.39, 0.29) is 23.9 Å². The number of nitrogens with zero attached hydrogens (tertiary/aromatic N) is 7. The molecule has 11 nitrogen and oxygen atoms in total. The summed E-state index contributed by atoms with van der Waals surface area (Å²) in [6, 6.07) is 10.0. The number of nitrogens with one attached hydrogen (secondary N) is 2. The van der Waals surface area contributed by atoms with Gasteiger partial charge in [-0.3, -0.25) is 4.98 Å². The molecule has 1 unspecified atom stereocenters. The quantitative estimate of drug-likeness (QED) is 0.336. The molecule has 2 aliphatic rings. The van der Waals surface area contributed by atoms with E-state index in [4.69, 9.17) is 4.98 Å². The Morgan fingerprint density at radius 2 is 1.97 bits per heavy atom. The third-order valence-electron chi connectivity index (χ3n) is 7.28. The van der Waals surface area contributed by atoms with Crippen LogP contribution >= 0.6 is 11.3 Å². The fourth-order valence-corrected chi connectivity index (χ4v) is 6.55. The van der Waals surface area contributed by atoms with Crippen LogP contribution in [0.25, 0.3) is 27.5 Å². The number of hydrogen-bond acceptors (Lipinski definition) is 9. The van der Waals surface area contributed by atoms with Crippen molar-refractivity contribution in [1.82, 2.24) is 30.1 Å². The smallest absolute Gasteiger partial charge is 0.404 e. The van der Waals surface area contributed by atoms with Gasteiger partial charge >= 0.3 is 6.09 Å². The van der Waals surface area contributed by atoms with Gasteiger partial charge < -0.3 is 20.6 Å². The number of carboxylic acid groups (broad SMARTS) is 1. The normalized spacial score (nSPS) is 20.6. The van der Waals surface area contributed by atoms with E-state index in [1.54, 1.807) is 16.8 Å². The van der Waals surface area contributed by atoms with Gasteiger partial charge in [-0.2, -0.15) is 10.4 Å². The minimum absolute atomic E-state index is 0.0147. The van der Waals surface area contributed by atoms with Crippen LogP contribution in [-0.4, -0.2) is 61.2 Å². The number of aromatic nitrogens is 5. The van der Waals surface area contributed by atoms with Gasteiger partial charge in [0.25, 0.3) is 0 Å². The Morgan fingerprint density at radius 1 is 1.18 bits per heavy atom. The number of pyridine rings is 1. The second-order valence-corrected chi connectivity index (χ2v) is 11.1. The molecule has 2 bridgehead atoms. The first-order valence-electron chi connectivity index (χ1n) is 12.6. The Labute approximate surface area is 223 Å². The second kappa shape index (κ2) is 9.57. The highest BCUT2D eigenvalue weighted by atomic mass is 32.1. The number of piperidine rings is 1. The zero-order valence-electron chi connectivity index (χ0n) is 21.0. The Balaban J connectivity index is 1.29. The van der Waals surface area contributed by atoms with Crippen molar-refractivity contribution in [2.75, 3.05) is 23.3 Å². The number of nitriles is 1. The lowest BCUT2D eigenvalue weighted by Crippen LogP contribution is -2.52. The summed E-state index contributed by atoms with van der Waals surface area (Å²) in [5.41, 5.74) is 4.69. The molecule has 2 fully saturated rings. The van der Waals surface area contributed by atoms with E-state index >= 15 is 0 Å². The van der Waals surface area contributed by atoms with Crippen molar-refractivity contribution in [1.29, 1.82) is 5.26 Å². The average Bonchev–Trinajstić information content (AvgIpc) is 3.59. The highest BCUT2D eigenvalue weighted by molar-refractivity contribution is 7.18. The molecule has 1 aliphatic heterocycles. The van der Waals surface area contributed by atoms with Gasteiger partial charge in [0, 0.05) is 37.1 Å². The van der Waals surface area contributed by atoms with Crippen LogP contribution in [-0.2, 0) is 0 Å². The third-order valence-corrected chi connectivity index (χ3v) is 8.30. The maximum absolute atomic E-state index is 11.2. The molecule has 0 radical (unpaired) electrons. The summed E-state index contributed by atoms with van der Waals surface area (Å²) in [5, 5.41) is 39.7. The molecule has 5 heterocycles. The summed E-state index contributed by atoms with van der Waals surface area (Å²) >= 11 is 1.53.